The third-order valence-corrected chi connectivity index (χ3v) is 3.49. The largest absolute Gasteiger partial charge is 0.481 e. The van der Waals surface area contributed by atoms with E-state index in [1.54, 1.807) is 0 Å². The van der Waals surface area contributed by atoms with Gasteiger partial charge in [-0.25, -0.2) is 0 Å². The first-order valence-corrected chi connectivity index (χ1v) is 6.34. The number of para-hydroxylation sites is 1. The number of amides is 1. The van der Waals surface area contributed by atoms with Crippen molar-refractivity contribution in [2.24, 2.45) is 11.8 Å². The van der Waals surface area contributed by atoms with Gasteiger partial charge in [0.15, 0.2) is 0 Å². The minimum Gasteiger partial charge on any atom is -0.481 e. The van der Waals surface area contributed by atoms with E-state index in [4.69, 9.17) is 5.11 Å². The predicted octanol–water partition coefficient (Wildman–Crippen LogP) is 2.60. The number of hydrogen-bond acceptors (Lipinski definition) is 2. The fourth-order valence-electron chi connectivity index (χ4n) is 2.32. The third kappa shape index (κ3) is 3.02. The number of rotatable bonds is 3. The molecule has 1 aromatic rings. The monoisotopic (exact) mass is 259 g/mol. The molecule has 4 nitrogen and oxygen atoms in total. The highest BCUT2D eigenvalue weighted by atomic mass is 16.4. The Hall–Kier alpha value is -2.10. The summed E-state index contributed by atoms with van der Waals surface area (Å²) in [6, 6.07) is 7.47. The van der Waals surface area contributed by atoms with Crippen LogP contribution in [0.1, 0.15) is 18.4 Å². The second-order valence-electron chi connectivity index (χ2n) is 4.80. The summed E-state index contributed by atoms with van der Waals surface area (Å²) in [6.45, 7) is 1.91. The number of hydrogen-bond donors (Lipinski definition) is 2. The van der Waals surface area contributed by atoms with Gasteiger partial charge in [0.2, 0.25) is 5.91 Å². The number of carboxylic acids is 1. The Morgan fingerprint density at radius 1 is 1.16 bits per heavy atom. The number of carbonyl (C=O) groups excluding carboxylic acids is 1. The molecule has 0 aromatic heterocycles. The van der Waals surface area contributed by atoms with Crippen molar-refractivity contribution in [3.8, 4) is 0 Å². The average molecular weight is 259 g/mol. The smallest absolute Gasteiger partial charge is 0.307 e. The van der Waals surface area contributed by atoms with Gasteiger partial charge in [-0.3, -0.25) is 9.59 Å². The van der Waals surface area contributed by atoms with Crippen LogP contribution in [0.15, 0.2) is 36.4 Å². The fourth-order valence-corrected chi connectivity index (χ4v) is 2.32. The SMILES string of the molecule is Cc1ccccc1NC(=O)[C@H]1CC=CC[C@@H]1C(=O)O. The van der Waals surface area contributed by atoms with Crippen molar-refractivity contribution >= 4 is 17.6 Å². The van der Waals surface area contributed by atoms with Crippen molar-refractivity contribution in [2.75, 3.05) is 5.32 Å². The summed E-state index contributed by atoms with van der Waals surface area (Å²) in [5.41, 5.74) is 1.71. The van der Waals surface area contributed by atoms with Crippen molar-refractivity contribution in [3.63, 3.8) is 0 Å². The maximum absolute atomic E-state index is 12.2. The molecule has 2 N–H and O–H groups in total. The van der Waals surface area contributed by atoms with Crippen LogP contribution in [0.2, 0.25) is 0 Å². The van der Waals surface area contributed by atoms with Gasteiger partial charge in [-0.05, 0) is 31.4 Å². The summed E-state index contributed by atoms with van der Waals surface area (Å²) in [5.74, 6) is -2.25. The van der Waals surface area contributed by atoms with Crippen molar-refractivity contribution in [1.82, 2.24) is 0 Å². The van der Waals surface area contributed by atoms with Gasteiger partial charge < -0.3 is 10.4 Å². The molecule has 0 unspecified atom stereocenters. The van der Waals surface area contributed by atoms with Crippen LogP contribution in [0.25, 0.3) is 0 Å². The Bertz CT molecular complexity index is 522. The normalized spacial score (nSPS) is 21.9. The van der Waals surface area contributed by atoms with Crippen LogP contribution in [-0.2, 0) is 9.59 Å². The molecule has 1 aromatic carbocycles. The zero-order valence-corrected chi connectivity index (χ0v) is 10.8. The number of carboxylic acid groups (broad SMARTS) is 1. The van der Waals surface area contributed by atoms with Crippen LogP contribution in [0.3, 0.4) is 0 Å². The van der Waals surface area contributed by atoms with Crippen LogP contribution in [0, 0.1) is 18.8 Å². The number of carbonyl (C=O) groups is 2. The molecule has 0 spiro atoms. The Morgan fingerprint density at radius 2 is 1.79 bits per heavy atom. The molecule has 2 atom stereocenters. The van der Waals surface area contributed by atoms with Crippen molar-refractivity contribution in [2.45, 2.75) is 19.8 Å². The van der Waals surface area contributed by atoms with Crippen LogP contribution in [0.4, 0.5) is 5.69 Å². The number of aliphatic carboxylic acids is 1. The van der Waals surface area contributed by atoms with Crippen LogP contribution in [0.5, 0.6) is 0 Å². The molecule has 19 heavy (non-hydrogen) atoms. The molecule has 0 saturated carbocycles. The number of allylic oxidation sites excluding steroid dienone is 2. The standard InChI is InChI=1S/C15H17NO3/c1-10-6-2-5-9-13(10)16-14(17)11-7-3-4-8-12(11)15(18)19/h2-6,9,11-12H,7-8H2,1H3,(H,16,17)(H,18,19)/t11-,12-/m0/s1. The molecular weight excluding hydrogens is 242 g/mol. The van der Waals surface area contributed by atoms with E-state index in [0.29, 0.717) is 12.8 Å². The highest BCUT2D eigenvalue weighted by molar-refractivity contribution is 5.96. The average Bonchev–Trinajstić information content (AvgIpc) is 2.41. The van der Waals surface area contributed by atoms with E-state index in [0.717, 1.165) is 11.3 Å². The predicted molar refractivity (Wildman–Crippen MR) is 72.8 cm³/mol. The van der Waals surface area contributed by atoms with Gasteiger partial charge in [0.1, 0.15) is 0 Å². The first-order valence-electron chi connectivity index (χ1n) is 6.34. The molecule has 100 valence electrons. The summed E-state index contributed by atoms with van der Waals surface area (Å²) in [7, 11) is 0. The molecule has 0 fully saturated rings. The first kappa shape index (κ1) is 13.3. The van der Waals surface area contributed by atoms with E-state index in [-0.39, 0.29) is 5.91 Å². The lowest BCUT2D eigenvalue weighted by Crippen LogP contribution is -2.34. The highest BCUT2D eigenvalue weighted by Crippen LogP contribution is 2.27. The van der Waals surface area contributed by atoms with Gasteiger partial charge in [0.05, 0.1) is 11.8 Å². The van der Waals surface area contributed by atoms with E-state index in [1.165, 1.54) is 0 Å². The van der Waals surface area contributed by atoms with Gasteiger partial charge >= 0.3 is 5.97 Å². The van der Waals surface area contributed by atoms with Crippen molar-refractivity contribution in [3.05, 3.63) is 42.0 Å². The molecule has 1 amide bonds. The number of nitrogens with one attached hydrogen (secondary N) is 1. The molecule has 0 aliphatic heterocycles. The molecule has 1 aliphatic carbocycles. The maximum atomic E-state index is 12.2. The first-order chi connectivity index (χ1) is 9.09. The van der Waals surface area contributed by atoms with E-state index >= 15 is 0 Å². The Balaban J connectivity index is 2.13. The Kier molecular flexibility index (Phi) is 4.00. The van der Waals surface area contributed by atoms with E-state index in [2.05, 4.69) is 5.32 Å². The number of benzene rings is 1. The maximum Gasteiger partial charge on any atom is 0.307 e. The summed E-state index contributed by atoms with van der Waals surface area (Å²) >= 11 is 0. The molecule has 0 saturated heterocycles. The van der Waals surface area contributed by atoms with Gasteiger partial charge in [-0.1, -0.05) is 30.4 Å². The van der Waals surface area contributed by atoms with Crippen molar-refractivity contribution < 1.29 is 14.7 Å². The fraction of sp³-hybridized carbons (Fsp3) is 0.333. The van der Waals surface area contributed by atoms with E-state index in [9.17, 15) is 9.59 Å². The molecule has 0 radical (unpaired) electrons. The lowest BCUT2D eigenvalue weighted by molar-refractivity contribution is -0.146. The zero-order valence-electron chi connectivity index (χ0n) is 10.8. The highest BCUT2D eigenvalue weighted by Gasteiger charge is 2.33. The topological polar surface area (TPSA) is 66.4 Å². The quantitative estimate of drug-likeness (QED) is 0.820. The molecule has 2 rings (SSSR count). The summed E-state index contributed by atoms with van der Waals surface area (Å²) in [4.78, 5) is 23.4. The second kappa shape index (κ2) is 5.69. The van der Waals surface area contributed by atoms with Gasteiger partial charge in [0.25, 0.3) is 0 Å². The second-order valence-corrected chi connectivity index (χ2v) is 4.80. The Morgan fingerprint density at radius 3 is 2.42 bits per heavy atom. The minimum atomic E-state index is -0.908. The third-order valence-electron chi connectivity index (χ3n) is 3.49. The van der Waals surface area contributed by atoms with Crippen LogP contribution >= 0.6 is 0 Å². The lowest BCUT2D eigenvalue weighted by atomic mass is 9.82. The van der Waals surface area contributed by atoms with Crippen LogP contribution < -0.4 is 5.32 Å². The summed E-state index contributed by atoms with van der Waals surface area (Å²) < 4.78 is 0. The molecule has 1 aliphatic rings. The van der Waals surface area contributed by atoms with Gasteiger partial charge in [-0.2, -0.15) is 0 Å². The van der Waals surface area contributed by atoms with E-state index in [1.807, 2.05) is 43.3 Å². The van der Waals surface area contributed by atoms with E-state index < -0.39 is 17.8 Å². The molecule has 4 heteroatoms. The lowest BCUT2D eigenvalue weighted by Gasteiger charge is -2.24. The molecule has 0 heterocycles. The zero-order chi connectivity index (χ0) is 13.8. The number of anilines is 1. The minimum absolute atomic E-state index is 0.217. The number of aryl methyl sites for hydroxylation is 1. The summed E-state index contributed by atoms with van der Waals surface area (Å²) in [6.07, 6.45) is 4.60. The Labute approximate surface area is 112 Å². The van der Waals surface area contributed by atoms with Gasteiger partial charge in [-0.15, -0.1) is 0 Å². The molecule has 0 bridgehead atoms. The van der Waals surface area contributed by atoms with Crippen LogP contribution in [-0.4, -0.2) is 17.0 Å². The van der Waals surface area contributed by atoms with Gasteiger partial charge in [0, 0.05) is 5.69 Å². The molecular formula is C15H17NO3. The summed E-state index contributed by atoms with van der Waals surface area (Å²) in [5, 5.41) is 12.0. The van der Waals surface area contributed by atoms with Crippen molar-refractivity contribution in [1.29, 1.82) is 0 Å².